The van der Waals surface area contributed by atoms with Crippen LogP contribution in [-0.4, -0.2) is 27.4 Å². The number of hydrogen-bond acceptors (Lipinski definition) is 4. The Morgan fingerprint density at radius 1 is 0.667 bits per heavy atom. The molecular formula is C32H24N4O3. The maximum atomic E-state index is 13.7. The minimum atomic E-state index is -0.713. The molecule has 190 valence electrons. The summed E-state index contributed by atoms with van der Waals surface area (Å²) in [6.07, 6.45) is 3.35. The third-order valence-electron chi connectivity index (χ3n) is 6.89. The van der Waals surface area contributed by atoms with Crippen molar-refractivity contribution in [1.82, 2.24) is 9.55 Å². The van der Waals surface area contributed by atoms with Crippen molar-refractivity contribution in [3.05, 3.63) is 126 Å². The van der Waals surface area contributed by atoms with Gasteiger partial charge in [0, 0.05) is 28.7 Å². The number of barbiturate groups is 1. The van der Waals surface area contributed by atoms with Crippen LogP contribution in [0.15, 0.2) is 109 Å². The lowest BCUT2D eigenvalue weighted by atomic mass is 10.0. The molecule has 0 saturated carbocycles. The molecule has 0 spiro atoms. The molecule has 4 amide bonds. The summed E-state index contributed by atoms with van der Waals surface area (Å²) in [5.41, 5.74) is 5.05. The van der Waals surface area contributed by atoms with E-state index in [1.807, 2.05) is 44.2 Å². The van der Waals surface area contributed by atoms with Gasteiger partial charge in [0.25, 0.3) is 11.8 Å². The first-order valence-corrected chi connectivity index (χ1v) is 12.5. The maximum absolute atomic E-state index is 13.7. The molecule has 3 heterocycles. The van der Waals surface area contributed by atoms with Crippen molar-refractivity contribution < 1.29 is 14.4 Å². The third-order valence-corrected chi connectivity index (χ3v) is 6.89. The number of amides is 4. The number of para-hydroxylation sites is 2. The molecule has 3 aromatic carbocycles. The summed E-state index contributed by atoms with van der Waals surface area (Å²) < 4.78 is 2.08. The van der Waals surface area contributed by atoms with Crippen LogP contribution in [0.25, 0.3) is 22.7 Å². The van der Waals surface area contributed by atoms with Gasteiger partial charge < -0.3 is 4.57 Å². The van der Waals surface area contributed by atoms with E-state index in [1.54, 1.807) is 72.9 Å². The van der Waals surface area contributed by atoms with Crippen LogP contribution >= 0.6 is 0 Å². The number of aromatic nitrogens is 2. The average molecular weight is 513 g/mol. The van der Waals surface area contributed by atoms with Gasteiger partial charge in [-0.2, -0.15) is 0 Å². The predicted molar refractivity (Wildman–Crippen MR) is 152 cm³/mol. The summed E-state index contributed by atoms with van der Waals surface area (Å²) in [5, 5.41) is 1.01. The highest BCUT2D eigenvalue weighted by molar-refractivity contribution is 6.46. The van der Waals surface area contributed by atoms with Crippen LogP contribution in [0.1, 0.15) is 17.0 Å². The molecule has 0 radical (unpaired) electrons. The molecule has 7 heteroatoms. The molecule has 5 aromatic rings. The highest BCUT2D eigenvalue weighted by atomic mass is 16.2. The van der Waals surface area contributed by atoms with Crippen molar-refractivity contribution >= 4 is 46.2 Å². The fraction of sp³-hybridized carbons (Fsp3) is 0.0625. The van der Waals surface area contributed by atoms with E-state index in [9.17, 15) is 14.4 Å². The molecule has 1 aliphatic heterocycles. The largest absolute Gasteiger partial charge is 0.343 e. The first-order valence-electron chi connectivity index (χ1n) is 12.5. The van der Waals surface area contributed by atoms with Gasteiger partial charge in [0.15, 0.2) is 0 Å². The van der Waals surface area contributed by atoms with Crippen LogP contribution in [0.3, 0.4) is 0 Å². The van der Waals surface area contributed by atoms with E-state index >= 15 is 0 Å². The first kappa shape index (κ1) is 24.1. The van der Waals surface area contributed by atoms with Gasteiger partial charge in [-0.15, -0.1) is 0 Å². The Hall–Kier alpha value is -5.30. The molecule has 1 fully saturated rings. The van der Waals surface area contributed by atoms with Gasteiger partial charge in [-0.25, -0.2) is 14.6 Å². The average Bonchev–Trinajstić information content (AvgIpc) is 3.24. The maximum Gasteiger partial charge on any atom is 0.343 e. The number of carbonyl (C=O) groups is 3. The zero-order chi connectivity index (χ0) is 27.1. The van der Waals surface area contributed by atoms with Crippen LogP contribution in [0.4, 0.5) is 16.2 Å². The molecule has 2 aromatic heterocycles. The molecule has 0 atom stereocenters. The monoisotopic (exact) mass is 512 g/mol. The summed E-state index contributed by atoms with van der Waals surface area (Å²) in [6.45, 7) is 3.92. The molecule has 0 N–H and O–H groups in total. The fourth-order valence-electron chi connectivity index (χ4n) is 5.03. The van der Waals surface area contributed by atoms with E-state index < -0.39 is 17.8 Å². The number of hydrogen-bond donors (Lipinski definition) is 0. The summed E-state index contributed by atoms with van der Waals surface area (Å²) in [4.78, 5) is 47.5. The van der Waals surface area contributed by atoms with Gasteiger partial charge in [-0.05, 0) is 80.1 Å². The van der Waals surface area contributed by atoms with E-state index in [-0.39, 0.29) is 5.57 Å². The lowest BCUT2D eigenvalue weighted by molar-refractivity contribution is -0.121. The van der Waals surface area contributed by atoms with Crippen molar-refractivity contribution in [2.75, 3.05) is 9.80 Å². The number of fused-ring (bicyclic) bond motifs is 1. The molecule has 6 rings (SSSR count). The summed E-state index contributed by atoms with van der Waals surface area (Å²) in [7, 11) is 0. The third kappa shape index (κ3) is 4.10. The SMILES string of the molecule is Cc1cc(C=C2C(=O)N(c3ccccc3)C(=O)N(c3ccccc3)C2=O)c(C)n1-c1ccc2ncccc2c1. The Bertz CT molecular complexity index is 1730. The lowest BCUT2D eigenvalue weighted by Gasteiger charge is -2.33. The Labute approximate surface area is 225 Å². The second-order valence-electron chi connectivity index (χ2n) is 9.34. The van der Waals surface area contributed by atoms with E-state index in [0.717, 1.165) is 37.8 Å². The van der Waals surface area contributed by atoms with Crippen LogP contribution in [0.5, 0.6) is 0 Å². The van der Waals surface area contributed by atoms with Crippen molar-refractivity contribution in [3.8, 4) is 5.69 Å². The molecule has 0 aliphatic carbocycles. The number of imide groups is 2. The zero-order valence-electron chi connectivity index (χ0n) is 21.4. The standard InChI is InChI=1S/C32H24N4O3/c1-21-18-24(22(2)34(21)27-15-16-29-23(19-27)10-9-17-33-29)20-28-30(37)35(25-11-5-3-6-12-25)32(39)36(31(28)38)26-13-7-4-8-14-26/h3-20H,1-2H3. The Morgan fingerprint density at radius 2 is 1.28 bits per heavy atom. The molecule has 39 heavy (non-hydrogen) atoms. The van der Waals surface area contributed by atoms with Crippen molar-refractivity contribution in [3.63, 3.8) is 0 Å². The van der Waals surface area contributed by atoms with Crippen molar-refractivity contribution in [2.24, 2.45) is 0 Å². The number of urea groups is 1. The predicted octanol–water partition coefficient (Wildman–Crippen LogP) is 6.23. The van der Waals surface area contributed by atoms with Crippen LogP contribution in [0.2, 0.25) is 0 Å². The van der Waals surface area contributed by atoms with Gasteiger partial charge in [0.05, 0.1) is 16.9 Å². The fourth-order valence-corrected chi connectivity index (χ4v) is 5.03. The first-order chi connectivity index (χ1) is 18.9. The quantitative estimate of drug-likeness (QED) is 0.211. The Balaban J connectivity index is 1.48. The van der Waals surface area contributed by atoms with Gasteiger partial charge in [0.2, 0.25) is 0 Å². The number of pyridine rings is 1. The molecule has 0 bridgehead atoms. The van der Waals surface area contributed by atoms with E-state index in [0.29, 0.717) is 16.9 Å². The lowest BCUT2D eigenvalue weighted by Crippen LogP contribution is -2.57. The van der Waals surface area contributed by atoms with Gasteiger partial charge >= 0.3 is 6.03 Å². The second kappa shape index (κ2) is 9.54. The summed E-state index contributed by atoms with van der Waals surface area (Å²) in [6, 6.07) is 28.4. The van der Waals surface area contributed by atoms with E-state index in [4.69, 9.17) is 0 Å². The minimum absolute atomic E-state index is 0.0923. The van der Waals surface area contributed by atoms with Gasteiger partial charge in [-0.1, -0.05) is 42.5 Å². The van der Waals surface area contributed by atoms with Crippen LogP contribution < -0.4 is 9.80 Å². The van der Waals surface area contributed by atoms with Crippen LogP contribution in [0, 0.1) is 13.8 Å². The van der Waals surface area contributed by atoms with Crippen molar-refractivity contribution in [1.29, 1.82) is 0 Å². The second-order valence-corrected chi connectivity index (χ2v) is 9.34. The normalized spacial score (nSPS) is 13.9. The summed E-state index contributed by atoms with van der Waals surface area (Å²) >= 11 is 0. The number of benzene rings is 3. The zero-order valence-corrected chi connectivity index (χ0v) is 21.4. The molecule has 1 saturated heterocycles. The smallest absolute Gasteiger partial charge is 0.318 e. The van der Waals surface area contributed by atoms with Crippen LogP contribution in [-0.2, 0) is 9.59 Å². The highest BCUT2D eigenvalue weighted by Gasteiger charge is 2.43. The molecule has 7 nitrogen and oxygen atoms in total. The minimum Gasteiger partial charge on any atom is -0.318 e. The molecule has 0 unspecified atom stereocenters. The number of anilines is 2. The number of carbonyl (C=O) groups excluding carboxylic acids is 3. The van der Waals surface area contributed by atoms with Gasteiger partial charge in [0.1, 0.15) is 5.57 Å². The number of aryl methyl sites for hydroxylation is 1. The summed E-state index contributed by atoms with van der Waals surface area (Å²) in [5.74, 6) is -1.32. The van der Waals surface area contributed by atoms with Crippen molar-refractivity contribution in [2.45, 2.75) is 13.8 Å². The van der Waals surface area contributed by atoms with E-state index in [2.05, 4.69) is 15.6 Å². The molecular weight excluding hydrogens is 488 g/mol. The number of nitrogens with zero attached hydrogens (tertiary/aromatic N) is 4. The highest BCUT2D eigenvalue weighted by Crippen LogP contribution is 2.31. The van der Waals surface area contributed by atoms with E-state index in [1.165, 1.54) is 0 Å². The Morgan fingerprint density at radius 3 is 1.90 bits per heavy atom. The molecule has 1 aliphatic rings. The number of rotatable bonds is 4. The Kier molecular flexibility index (Phi) is 5.88. The topological polar surface area (TPSA) is 75.5 Å². The van der Waals surface area contributed by atoms with Gasteiger partial charge in [-0.3, -0.25) is 14.6 Å².